The molecule has 1 atom stereocenters. The molecule has 0 saturated carbocycles. The minimum absolute atomic E-state index is 0.115. The maximum Gasteiger partial charge on any atom is 0.287 e. The quantitative estimate of drug-likeness (QED) is 0.593. The van der Waals surface area contributed by atoms with Crippen molar-refractivity contribution in [3.8, 4) is 0 Å². The monoisotopic (exact) mass is 331 g/mol. The minimum Gasteiger partial charge on any atom is -0.451 e. The van der Waals surface area contributed by atoms with E-state index in [2.05, 4.69) is 5.32 Å². The molecular formula is C21H17NO3. The average molecular weight is 331 g/mol. The zero-order chi connectivity index (χ0) is 17.2. The number of amides is 1. The Kier molecular flexibility index (Phi) is 3.96. The third-order valence-electron chi connectivity index (χ3n) is 4.29. The van der Waals surface area contributed by atoms with Crippen LogP contribution in [0.2, 0.25) is 0 Å². The van der Waals surface area contributed by atoms with E-state index in [1.54, 1.807) is 6.07 Å². The Morgan fingerprint density at radius 2 is 1.68 bits per heavy atom. The predicted octanol–water partition coefficient (Wildman–Crippen LogP) is 4.05. The van der Waals surface area contributed by atoms with Gasteiger partial charge in [0, 0.05) is 11.9 Å². The first-order valence-electron chi connectivity index (χ1n) is 8.15. The molecule has 0 bridgehead atoms. The summed E-state index contributed by atoms with van der Waals surface area (Å²) in [7, 11) is 0. The largest absolute Gasteiger partial charge is 0.451 e. The first-order valence-corrected chi connectivity index (χ1v) is 8.15. The normalized spacial score (nSPS) is 12.4. The Hall–Kier alpha value is -3.11. The van der Waals surface area contributed by atoms with Crippen LogP contribution in [0.1, 0.15) is 22.2 Å². The molecule has 2 N–H and O–H groups in total. The highest BCUT2D eigenvalue weighted by atomic mass is 16.3. The van der Waals surface area contributed by atoms with E-state index in [-0.39, 0.29) is 18.2 Å². The fraction of sp³-hybridized carbons (Fsp3) is 0.0952. The van der Waals surface area contributed by atoms with Crippen LogP contribution < -0.4 is 5.32 Å². The van der Waals surface area contributed by atoms with Gasteiger partial charge in [0.15, 0.2) is 5.76 Å². The van der Waals surface area contributed by atoms with E-state index in [0.717, 1.165) is 21.7 Å². The summed E-state index contributed by atoms with van der Waals surface area (Å²) in [5, 5.41) is 16.2. The fourth-order valence-electron chi connectivity index (χ4n) is 3.02. The van der Waals surface area contributed by atoms with E-state index in [4.69, 9.17) is 4.42 Å². The van der Waals surface area contributed by atoms with Crippen molar-refractivity contribution in [3.63, 3.8) is 0 Å². The van der Waals surface area contributed by atoms with Gasteiger partial charge in [0.05, 0.1) is 6.10 Å². The summed E-state index contributed by atoms with van der Waals surface area (Å²) in [6, 6.07) is 22.8. The van der Waals surface area contributed by atoms with Gasteiger partial charge in [-0.3, -0.25) is 4.79 Å². The molecule has 1 aromatic heterocycles. The number of rotatable bonds is 4. The molecule has 0 spiro atoms. The molecule has 1 amide bonds. The number of para-hydroxylation sites is 1. The highest BCUT2D eigenvalue weighted by Crippen LogP contribution is 2.24. The molecular weight excluding hydrogens is 314 g/mol. The zero-order valence-corrected chi connectivity index (χ0v) is 13.5. The lowest BCUT2D eigenvalue weighted by molar-refractivity contribution is 0.0892. The Morgan fingerprint density at radius 1 is 0.960 bits per heavy atom. The second kappa shape index (κ2) is 6.42. The summed E-state index contributed by atoms with van der Waals surface area (Å²) in [5.74, 6) is -0.0955. The third kappa shape index (κ3) is 2.99. The SMILES string of the molecule is O=C(NC[C@H](O)c1cccc2ccccc12)c1cc2ccccc2o1. The molecule has 3 aromatic carbocycles. The number of aliphatic hydroxyl groups is 1. The molecule has 4 nitrogen and oxygen atoms in total. The van der Waals surface area contributed by atoms with Crippen LogP contribution >= 0.6 is 0 Å². The molecule has 1 heterocycles. The van der Waals surface area contributed by atoms with Crippen molar-refractivity contribution in [1.29, 1.82) is 0 Å². The van der Waals surface area contributed by atoms with E-state index >= 15 is 0 Å². The van der Waals surface area contributed by atoms with Gasteiger partial charge < -0.3 is 14.8 Å². The van der Waals surface area contributed by atoms with Crippen LogP contribution in [0.5, 0.6) is 0 Å². The molecule has 25 heavy (non-hydrogen) atoms. The van der Waals surface area contributed by atoms with Gasteiger partial charge >= 0.3 is 0 Å². The van der Waals surface area contributed by atoms with Gasteiger partial charge in [-0.05, 0) is 28.5 Å². The summed E-state index contributed by atoms with van der Waals surface area (Å²) in [5.41, 5.74) is 1.46. The highest BCUT2D eigenvalue weighted by molar-refractivity contribution is 5.96. The lowest BCUT2D eigenvalue weighted by atomic mass is 10.0. The summed E-state index contributed by atoms with van der Waals surface area (Å²) < 4.78 is 5.54. The first-order chi connectivity index (χ1) is 12.2. The van der Waals surface area contributed by atoms with Crippen LogP contribution in [0.25, 0.3) is 21.7 Å². The molecule has 0 aliphatic heterocycles. The van der Waals surface area contributed by atoms with Crippen LogP contribution in [0, 0.1) is 0 Å². The van der Waals surface area contributed by atoms with E-state index in [0.29, 0.717) is 5.58 Å². The van der Waals surface area contributed by atoms with Gasteiger partial charge in [-0.15, -0.1) is 0 Å². The molecule has 4 heteroatoms. The molecule has 0 radical (unpaired) electrons. The van der Waals surface area contributed by atoms with E-state index in [1.807, 2.05) is 66.7 Å². The lowest BCUT2D eigenvalue weighted by Crippen LogP contribution is -2.28. The van der Waals surface area contributed by atoms with E-state index in [1.165, 1.54) is 0 Å². The van der Waals surface area contributed by atoms with Crippen molar-refractivity contribution in [2.75, 3.05) is 6.54 Å². The third-order valence-corrected chi connectivity index (χ3v) is 4.29. The minimum atomic E-state index is -0.792. The van der Waals surface area contributed by atoms with Crippen molar-refractivity contribution in [3.05, 3.63) is 84.1 Å². The summed E-state index contributed by atoms with van der Waals surface area (Å²) in [4.78, 5) is 12.3. The number of carbonyl (C=O) groups excluding carboxylic acids is 1. The second-order valence-corrected chi connectivity index (χ2v) is 5.94. The first kappa shape index (κ1) is 15.4. The summed E-state index contributed by atoms with van der Waals surface area (Å²) in [6.45, 7) is 0.115. The second-order valence-electron chi connectivity index (χ2n) is 5.94. The highest BCUT2D eigenvalue weighted by Gasteiger charge is 2.15. The standard InChI is InChI=1S/C21H17NO3/c23-18(17-10-5-8-14-6-1-3-9-16(14)17)13-22-21(24)20-12-15-7-2-4-11-19(15)25-20/h1-12,18,23H,13H2,(H,22,24)/t18-/m0/s1. The molecule has 0 saturated heterocycles. The molecule has 4 rings (SSSR count). The van der Waals surface area contributed by atoms with E-state index in [9.17, 15) is 9.90 Å². The van der Waals surface area contributed by atoms with Gasteiger partial charge in [0.1, 0.15) is 5.58 Å². The van der Waals surface area contributed by atoms with Crippen LogP contribution in [-0.4, -0.2) is 17.6 Å². The number of fused-ring (bicyclic) bond motifs is 2. The average Bonchev–Trinajstić information content (AvgIpc) is 3.09. The number of carbonyl (C=O) groups is 1. The zero-order valence-electron chi connectivity index (χ0n) is 13.5. The van der Waals surface area contributed by atoms with E-state index < -0.39 is 6.10 Å². The predicted molar refractivity (Wildman–Crippen MR) is 97.5 cm³/mol. The fourth-order valence-corrected chi connectivity index (χ4v) is 3.02. The van der Waals surface area contributed by atoms with Crippen molar-refractivity contribution in [1.82, 2.24) is 5.32 Å². The number of hydrogen-bond acceptors (Lipinski definition) is 3. The molecule has 0 unspecified atom stereocenters. The van der Waals surface area contributed by atoms with Crippen LogP contribution in [0.4, 0.5) is 0 Å². The summed E-state index contributed by atoms with van der Waals surface area (Å²) >= 11 is 0. The number of furan rings is 1. The smallest absolute Gasteiger partial charge is 0.287 e. The van der Waals surface area contributed by atoms with Gasteiger partial charge in [-0.25, -0.2) is 0 Å². The Morgan fingerprint density at radius 3 is 2.52 bits per heavy atom. The van der Waals surface area contributed by atoms with Crippen LogP contribution in [0.3, 0.4) is 0 Å². The topological polar surface area (TPSA) is 62.5 Å². The van der Waals surface area contributed by atoms with Crippen molar-refractivity contribution < 1.29 is 14.3 Å². The molecule has 4 aromatic rings. The maximum atomic E-state index is 12.3. The Balaban J connectivity index is 1.51. The summed E-state index contributed by atoms with van der Waals surface area (Å²) in [6.07, 6.45) is -0.792. The molecule has 0 fully saturated rings. The maximum absolute atomic E-state index is 12.3. The van der Waals surface area contributed by atoms with Gasteiger partial charge in [-0.1, -0.05) is 60.7 Å². The molecule has 0 aliphatic carbocycles. The Bertz CT molecular complexity index is 1010. The van der Waals surface area contributed by atoms with Crippen LogP contribution in [0.15, 0.2) is 77.2 Å². The lowest BCUT2D eigenvalue weighted by Gasteiger charge is -2.14. The van der Waals surface area contributed by atoms with Crippen molar-refractivity contribution >= 4 is 27.6 Å². The van der Waals surface area contributed by atoms with Gasteiger partial charge in [0.25, 0.3) is 5.91 Å². The van der Waals surface area contributed by atoms with Crippen LogP contribution in [-0.2, 0) is 0 Å². The van der Waals surface area contributed by atoms with Crippen molar-refractivity contribution in [2.45, 2.75) is 6.10 Å². The number of hydrogen-bond donors (Lipinski definition) is 2. The number of benzene rings is 3. The van der Waals surface area contributed by atoms with Crippen molar-refractivity contribution in [2.24, 2.45) is 0 Å². The Labute approximate surface area is 144 Å². The molecule has 0 aliphatic rings. The molecule has 124 valence electrons. The van der Waals surface area contributed by atoms with Gasteiger partial charge in [-0.2, -0.15) is 0 Å². The number of nitrogens with one attached hydrogen (secondary N) is 1. The number of aliphatic hydroxyl groups excluding tert-OH is 1. The van der Waals surface area contributed by atoms with Gasteiger partial charge in [0.2, 0.25) is 0 Å².